The van der Waals surface area contributed by atoms with Gasteiger partial charge in [-0.15, -0.1) is 0 Å². The van der Waals surface area contributed by atoms with E-state index in [1.165, 1.54) is 30.4 Å². The summed E-state index contributed by atoms with van der Waals surface area (Å²) >= 11 is 3.29. The molecule has 0 aliphatic heterocycles. The summed E-state index contributed by atoms with van der Waals surface area (Å²) in [6.45, 7) is 0. The molecule has 3 nitrogen and oxygen atoms in total. The molecule has 0 bridgehead atoms. The van der Waals surface area contributed by atoms with Gasteiger partial charge in [0, 0.05) is 9.86 Å². The van der Waals surface area contributed by atoms with Gasteiger partial charge in [-0.2, -0.15) is 13.2 Å². The second-order valence-corrected chi connectivity index (χ2v) is 6.43. The summed E-state index contributed by atoms with van der Waals surface area (Å²) in [6, 6.07) is 11.3. The molecule has 132 valence electrons. The van der Waals surface area contributed by atoms with Gasteiger partial charge in [-0.3, -0.25) is 0 Å². The summed E-state index contributed by atoms with van der Waals surface area (Å²) in [4.78, 5) is 15.9. The van der Waals surface area contributed by atoms with E-state index in [1.807, 2.05) is 0 Å². The molecule has 0 fully saturated rings. The lowest BCUT2D eigenvalue weighted by Crippen LogP contribution is -2.04. The van der Waals surface area contributed by atoms with Gasteiger partial charge in [-0.1, -0.05) is 34.1 Å². The Labute approximate surface area is 154 Å². The van der Waals surface area contributed by atoms with E-state index in [9.17, 15) is 23.1 Å². The molecule has 0 atom stereocenters. The molecule has 3 rings (SSSR count). The van der Waals surface area contributed by atoms with Crippen molar-refractivity contribution >= 4 is 45.0 Å². The van der Waals surface area contributed by atoms with Crippen molar-refractivity contribution < 1.29 is 23.1 Å². The fourth-order valence-corrected chi connectivity index (χ4v) is 2.84. The van der Waals surface area contributed by atoms with Crippen LogP contribution in [-0.4, -0.2) is 16.1 Å². The Morgan fingerprint density at radius 1 is 1.08 bits per heavy atom. The molecule has 0 saturated heterocycles. The fraction of sp³-hybridized carbons (Fsp3) is 0.0526. The van der Waals surface area contributed by atoms with Crippen molar-refractivity contribution in [2.45, 2.75) is 6.18 Å². The third-order valence-corrected chi connectivity index (χ3v) is 4.17. The van der Waals surface area contributed by atoms with Crippen LogP contribution >= 0.6 is 15.9 Å². The minimum Gasteiger partial charge on any atom is -0.478 e. The maximum Gasteiger partial charge on any atom is 0.416 e. The molecule has 3 aromatic rings. The van der Waals surface area contributed by atoms with Crippen LogP contribution in [-0.2, 0) is 6.18 Å². The number of aromatic carboxylic acids is 1. The second kappa shape index (κ2) is 6.92. The van der Waals surface area contributed by atoms with Crippen LogP contribution in [0.2, 0.25) is 0 Å². The summed E-state index contributed by atoms with van der Waals surface area (Å²) in [7, 11) is 0. The molecule has 1 aromatic heterocycles. The van der Waals surface area contributed by atoms with Crippen molar-refractivity contribution in [3.05, 3.63) is 75.4 Å². The van der Waals surface area contributed by atoms with Gasteiger partial charge in [-0.25, -0.2) is 9.78 Å². The van der Waals surface area contributed by atoms with Gasteiger partial charge in [0.25, 0.3) is 0 Å². The molecular weight excluding hydrogens is 411 g/mol. The van der Waals surface area contributed by atoms with E-state index in [0.717, 1.165) is 16.6 Å². The van der Waals surface area contributed by atoms with Crippen LogP contribution in [0.15, 0.2) is 53.0 Å². The lowest BCUT2D eigenvalue weighted by Gasteiger charge is -2.07. The summed E-state index contributed by atoms with van der Waals surface area (Å²) in [5.74, 6) is -1.11. The van der Waals surface area contributed by atoms with Crippen molar-refractivity contribution in [3.63, 3.8) is 0 Å². The lowest BCUT2D eigenvalue weighted by atomic mass is 10.1. The summed E-state index contributed by atoms with van der Waals surface area (Å²) < 4.78 is 39.0. The normalized spacial score (nSPS) is 12.0. The van der Waals surface area contributed by atoms with Crippen molar-refractivity contribution in [3.8, 4) is 0 Å². The Kier molecular flexibility index (Phi) is 4.82. The van der Waals surface area contributed by atoms with Crippen molar-refractivity contribution in [2.75, 3.05) is 0 Å². The number of carbonyl (C=O) groups is 1. The van der Waals surface area contributed by atoms with Gasteiger partial charge in [0.2, 0.25) is 0 Å². The highest BCUT2D eigenvalue weighted by Crippen LogP contribution is 2.30. The number of rotatable bonds is 3. The van der Waals surface area contributed by atoms with Crippen LogP contribution < -0.4 is 0 Å². The number of carboxylic acids is 1. The smallest absolute Gasteiger partial charge is 0.416 e. The van der Waals surface area contributed by atoms with Gasteiger partial charge < -0.3 is 5.11 Å². The number of fused-ring (bicyclic) bond motifs is 1. The number of carboxylic acid groups (broad SMARTS) is 1. The fourth-order valence-electron chi connectivity index (χ4n) is 2.48. The molecule has 0 radical (unpaired) electrons. The second-order valence-electron chi connectivity index (χ2n) is 5.52. The number of benzene rings is 2. The number of hydrogen-bond acceptors (Lipinski definition) is 2. The number of hydrogen-bond donors (Lipinski definition) is 1. The highest BCUT2D eigenvalue weighted by atomic mass is 79.9. The van der Waals surface area contributed by atoms with E-state index in [1.54, 1.807) is 18.2 Å². The zero-order valence-electron chi connectivity index (χ0n) is 13.1. The van der Waals surface area contributed by atoms with E-state index in [0.29, 0.717) is 22.2 Å². The maximum atomic E-state index is 12.8. The van der Waals surface area contributed by atoms with Crippen LogP contribution in [0.3, 0.4) is 0 Å². The third kappa shape index (κ3) is 3.94. The molecular formula is C19H11BrF3NO2. The Morgan fingerprint density at radius 2 is 1.85 bits per heavy atom. The highest BCUT2D eigenvalue weighted by Gasteiger charge is 2.30. The van der Waals surface area contributed by atoms with E-state index in [2.05, 4.69) is 20.9 Å². The van der Waals surface area contributed by atoms with Crippen molar-refractivity contribution in [2.24, 2.45) is 0 Å². The molecule has 0 aliphatic carbocycles. The topological polar surface area (TPSA) is 50.2 Å². The van der Waals surface area contributed by atoms with Crippen molar-refractivity contribution in [1.82, 2.24) is 4.98 Å². The van der Waals surface area contributed by atoms with Crippen LogP contribution in [0.5, 0.6) is 0 Å². The molecule has 7 heteroatoms. The van der Waals surface area contributed by atoms with Gasteiger partial charge in [0.1, 0.15) is 0 Å². The van der Waals surface area contributed by atoms with Gasteiger partial charge in [0.15, 0.2) is 0 Å². The first kappa shape index (κ1) is 18.1. The SMILES string of the molecule is O=C(O)c1cc(C=Cc2cccc(C(F)(F)F)c2)nc2ccc(Br)cc12. The Balaban J connectivity index is 2.03. The quantitative estimate of drug-likeness (QED) is 0.573. The largest absolute Gasteiger partial charge is 0.478 e. The first-order chi connectivity index (χ1) is 12.2. The molecule has 0 spiro atoms. The van der Waals surface area contributed by atoms with Gasteiger partial charge in [-0.05, 0) is 48.0 Å². The lowest BCUT2D eigenvalue weighted by molar-refractivity contribution is -0.137. The average Bonchev–Trinajstić information content (AvgIpc) is 2.58. The van der Waals surface area contributed by atoms with Crippen LogP contribution in [0.4, 0.5) is 13.2 Å². The number of pyridine rings is 1. The standard InChI is InChI=1S/C19H11BrF3NO2/c20-13-5-7-17-15(9-13)16(18(25)26)10-14(24-17)6-4-11-2-1-3-12(8-11)19(21,22)23/h1-10H,(H,25,26). The molecule has 0 unspecified atom stereocenters. The molecule has 0 saturated carbocycles. The van der Waals surface area contributed by atoms with E-state index in [-0.39, 0.29) is 5.56 Å². The van der Waals surface area contributed by atoms with Crippen LogP contribution in [0.25, 0.3) is 23.1 Å². The molecule has 1 heterocycles. The van der Waals surface area contributed by atoms with Crippen LogP contribution in [0, 0.1) is 0 Å². The minimum atomic E-state index is -4.42. The summed E-state index contributed by atoms with van der Waals surface area (Å²) in [5.41, 5.74) is 0.489. The predicted molar refractivity (Wildman–Crippen MR) is 96.8 cm³/mol. The van der Waals surface area contributed by atoms with E-state index in [4.69, 9.17) is 0 Å². The third-order valence-electron chi connectivity index (χ3n) is 3.68. The monoisotopic (exact) mass is 421 g/mol. The van der Waals surface area contributed by atoms with Crippen LogP contribution in [0.1, 0.15) is 27.2 Å². The van der Waals surface area contributed by atoms with Crippen molar-refractivity contribution in [1.29, 1.82) is 0 Å². The zero-order valence-corrected chi connectivity index (χ0v) is 14.7. The van der Waals surface area contributed by atoms with Gasteiger partial charge >= 0.3 is 12.1 Å². The van der Waals surface area contributed by atoms with E-state index < -0.39 is 17.7 Å². The molecule has 0 aliphatic rings. The number of nitrogens with zero attached hydrogens (tertiary/aromatic N) is 1. The summed E-state index contributed by atoms with van der Waals surface area (Å²) in [5, 5.41) is 9.89. The van der Waals surface area contributed by atoms with Gasteiger partial charge in [0.05, 0.1) is 22.3 Å². The average molecular weight is 422 g/mol. The minimum absolute atomic E-state index is 0.0694. The molecule has 1 N–H and O–H groups in total. The highest BCUT2D eigenvalue weighted by molar-refractivity contribution is 9.10. The molecule has 26 heavy (non-hydrogen) atoms. The maximum absolute atomic E-state index is 12.8. The molecule has 0 amide bonds. The summed E-state index contributed by atoms with van der Waals surface area (Å²) in [6.07, 6.45) is -1.47. The first-order valence-electron chi connectivity index (χ1n) is 7.43. The van der Waals surface area contributed by atoms with E-state index >= 15 is 0 Å². The molecule has 2 aromatic carbocycles. The number of halogens is 4. The zero-order chi connectivity index (χ0) is 18.9. The first-order valence-corrected chi connectivity index (χ1v) is 8.22. The number of alkyl halides is 3. The predicted octanol–water partition coefficient (Wildman–Crippen LogP) is 5.88. The Bertz CT molecular complexity index is 1030. The number of aromatic nitrogens is 1. The Morgan fingerprint density at radius 3 is 2.54 bits per heavy atom. The Hall–Kier alpha value is -2.67.